The second kappa shape index (κ2) is 4.71. The lowest BCUT2D eigenvalue weighted by molar-refractivity contribution is 0.0824. The van der Waals surface area contributed by atoms with Gasteiger partial charge in [-0.15, -0.1) is 0 Å². The number of fused-ring (bicyclic) bond motifs is 4. The second-order valence-electron chi connectivity index (χ2n) is 7.81. The van der Waals surface area contributed by atoms with Crippen molar-refractivity contribution < 1.29 is 0 Å². The number of nitrogens with two attached hydrogens (primary N) is 1. The van der Waals surface area contributed by atoms with Crippen LogP contribution in [0.3, 0.4) is 0 Å². The number of hydrogen-bond acceptors (Lipinski definition) is 3. The molecule has 108 valence electrons. The summed E-state index contributed by atoms with van der Waals surface area (Å²) < 4.78 is 0. The van der Waals surface area contributed by atoms with Crippen molar-refractivity contribution in [3.8, 4) is 0 Å². The van der Waals surface area contributed by atoms with Crippen molar-refractivity contribution in [2.45, 2.75) is 69.5 Å². The molecule has 2 aliphatic carbocycles. The lowest BCUT2D eigenvalue weighted by atomic mass is 9.74. The minimum Gasteiger partial charge on any atom is -0.300 e. The number of hydrazine groups is 1. The van der Waals surface area contributed by atoms with Crippen molar-refractivity contribution in [3.05, 3.63) is 0 Å². The quantitative estimate of drug-likeness (QED) is 0.605. The molecule has 2 saturated heterocycles. The van der Waals surface area contributed by atoms with Gasteiger partial charge in [0.2, 0.25) is 0 Å². The number of hydrogen-bond donors (Lipinski definition) is 2. The van der Waals surface area contributed by atoms with Gasteiger partial charge in [-0.1, -0.05) is 6.42 Å². The van der Waals surface area contributed by atoms with Gasteiger partial charge >= 0.3 is 0 Å². The first-order valence-corrected chi connectivity index (χ1v) is 8.44. The Balaban J connectivity index is 1.48. The highest BCUT2D eigenvalue weighted by atomic mass is 15.3. The smallest absolute Gasteiger partial charge is 0.0270 e. The minimum atomic E-state index is 0.604. The van der Waals surface area contributed by atoms with Crippen LogP contribution in [0.5, 0.6) is 0 Å². The van der Waals surface area contributed by atoms with Crippen molar-refractivity contribution in [3.63, 3.8) is 0 Å². The largest absolute Gasteiger partial charge is 0.300 e. The summed E-state index contributed by atoms with van der Waals surface area (Å²) >= 11 is 0. The van der Waals surface area contributed by atoms with E-state index in [1.54, 1.807) is 0 Å². The first-order chi connectivity index (χ1) is 9.26. The highest BCUT2D eigenvalue weighted by Gasteiger charge is 2.48. The predicted molar refractivity (Wildman–Crippen MR) is 77.3 cm³/mol. The van der Waals surface area contributed by atoms with Gasteiger partial charge in [0.1, 0.15) is 0 Å². The standard InChI is InChI=1S/C16H29N3/c1-19-13-4-5-14(19)9-12(8-13)16(18-17)15-7-10-2-3-11(15)6-10/h10-16,18H,2-9,17H2,1H3. The van der Waals surface area contributed by atoms with Gasteiger partial charge in [-0.05, 0) is 75.7 Å². The lowest BCUT2D eigenvalue weighted by Gasteiger charge is -2.43. The molecule has 0 aromatic carbocycles. The highest BCUT2D eigenvalue weighted by Crippen LogP contribution is 2.52. The average Bonchev–Trinajstić information content (AvgIpc) is 3.06. The highest BCUT2D eigenvalue weighted by molar-refractivity contribution is 5.02. The molecular weight excluding hydrogens is 234 g/mol. The molecule has 6 atom stereocenters. The summed E-state index contributed by atoms with van der Waals surface area (Å²) in [5, 5.41) is 0. The van der Waals surface area contributed by atoms with Crippen LogP contribution in [0.15, 0.2) is 0 Å². The van der Waals surface area contributed by atoms with Gasteiger partial charge in [-0.2, -0.15) is 0 Å². The molecule has 2 heterocycles. The van der Waals surface area contributed by atoms with Crippen LogP contribution in [-0.4, -0.2) is 30.1 Å². The van der Waals surface area contributed by atoms with Crippen LogP contribution in [0.4, 0.5) is 0 Å². The van der Waals surface area contributed by atoms with Crippen LogP contribution in [0.25, 0.3) is 0 Å². The summed E-state index contributed by atoms with van der Waals surface area (Å²) in [4.78, 5) is 2.64. The third-order valence-electron chi connectivity index (χ3n) is 7.09. The molecule has 4 fully saturated rings. The van der Waals surface area contributed by atoms with E-state index in [0.29, 0.717) is 6.04 Å². The van der Waals surface area contributed by atoms with Crippen LogP contribution in [0.2, 0.25) is 0 Å². The van der Waals surface area contributed by atoms with Gasteiger partial charge in [0.25, 0.3) is 0 Å². The van der Waals surface area contributed by atoms with Gasteiger partial charge in [0, 0.05) is 18.1 Å². The molecule has 2 saturated carbocycles. The predicted octanol–water partition coefficient (Wildman–Crippen LogP) is 2.13. The molecule has 3 N–H and O–H groups in total. The Morgan fingerprint density at radius 1 is 1.00 bits per heavy atom. The van der Waals surface area contributed by atoms with Crippen molar-refractivity contribution in [1.82, 2.24) is 10.3 Å². The second-order valence-corrected chi connectivity index (χ2v) is 7.81. The van der Waals surface area contributed by atoms with E-state index in [1.165, 1.54) is 51.4 Å². The summed E-state index contributed by atoms with van der Waals surface area (Å²) in [6.45, 7) is 0. The Hall–Kier alpha value is -0.120. The maximum Gasteiger partial charge on any atom is 0.0270 e. The fraction of sp³-hybridized carbons (Fsp3) is 1.00. The van der Waals surface area contributed by atoms with E-state index in [-0.39, 0.29) is 0 Å². The maximum absolute atomic E-state index is 6.00. The van der Waals surface area contributed by atoms with Gasteiger partial charge in [0.15, 0.2) is 0 Å². The van der Waals surface area contributed by atoms with E-state index >= 15 is 0 Å². The average molecular weight is 263 g/mol. The monoisotopic (exact) mass is 263 g/mol. The van der Waals surface area contributed by atoms with Crippen molar-refractivity contribution in [1.29, 1.82) is 0 Å². The van der Waals surface area contributed by atoms with Crippen LogP contribution in [0.1, 0.15) is 51.4 Å². The normalized spacial score (nSPS) is 50.8. The molecule has 0 aromatic heterocycles. The van der Waals surface area contributed by atoms with Gasteiger partial charge in [0.05, 0.1) is 0 Å². The zero-order chi connectivity index (χ0) is 13.0. The zero-order valence-electron chi connectivity index (χ0n) is 12.2. The third-order valence-corrected chi connectivity index (χ3v) is 7.09. The molecule has 0 amide bonds. The van der Waals surface area contributed by atoms with Crippen molar-refractivity contribution >= 4 is 0 Å². The number of piperidine rings is 1. The summed E-state index contributed by atoms with van der Waals surface area (Å²) in [7, 11) is 2.33. The summed E-state index contributed by atoms with van der Waals surface area (Å²) in [5.74, 6) is 9.74. The minimum absolute atomic E-state index is 0.604. The molecule has 0 radical (unpaired) electrons. The molecule has 4 rings (SSSR count). The SMILES string of the molecule is CN1C2CCC1CC(C(NN)C1CC3CCC1C3)C2. The van der Waals surface area contributed by atoms with E-state index in [9.17, 15) is 0 Å². The molecule has 3 heteroatoms. The fourth-order valence-corrected chi connectivity index (χ4v) is 6.09. The van der Waals surface area contributed by atoms with Crippen LogP contribution in [-0.2, 0) is 0 Å². The van der Waals surface area contributed by atoms with E-state index < -0.39 is 0 Å². The Kier molecular flexibility index (Phi) is 3.13. The first kappa shape index (κ1) is 12.6. The lowest BCUT2D eigenvalue weighted by Crippen LogP contribution is -2.52. The first-order valence-electron chi connectivity index (χ1n) is 8.44. The van der Waals surface area contributed by atoms with E-state index in [2.05, 4.69) is 17.4 Å². The van der Waals surface area contributed by atoms with Gasteiger partial charge in [-0.25, -0.2) is 0 Å². The van der Waals surface area contributed by atoms with Crippen molar-refractivity contribution in [2.24, 2.45) is 29.5 Å². The molecule has 19 heavy (non-hydrogen) atoms. The van der Waals surface area contributed by atoms with E-state index in [0.717, 1.165) is 35.8 Å². The summed E-state index contributed by atoms with van der Waals surface area (Å²) in [6, 6.07) is 2.29. The van der Waals surface area contributed by atoms with Gasteiger partial charge in [-0.3, -0.25) is 11.3 Å². The van der Waals surface area contributed by atoms with E-state index in [4.69, 9.17) is 5.84 Å². The Morgan fingerprint density at radius 2 is 1.74 bits per heavy atom. The van der Waals surface area contributed by atoms with Crippen LogP contribution >= 0.6 is 0 Å². The van der Waals surface area contributed by atoms with Crippen molar-refractivity contribution in [2.75, 3.05) is 7.05 Å². The number of nitrogens with zero attached hydrogens (tertiary/aromatic N) is 1. The van der Waals surface area contributed by atoms with Crippen LogP contribution in [0, 0.1) is 23.7 Å². The molecule has 3 nitrogen and oxygen atoms in total. The third kappa shape index (κ3) is 1.97. The molecule has 4 aliphatic rings. The van der Waals surface area contributed by atoms with Crippen LogP contribution < -0.4 is 11.3 Å². The topological polar surface area (TPSA) is 41.3 Å². The maximum atomic E-state index is 6.00. The zero-order valence-corrected chi connectivity index (χ0v) is 12.2. The number of nitrogens with one attached hydrogen (secondary N) is 1. The Morgan fingerprint density at radius 3 is 2.26 bits per heavy atom. The van der Waals surface area contributed by atoms with Gasteiger partial charge < -0.3 is 4.90 Å². The Bertz CT molecular complexity index is 331. The molecule has 0 spiro atoms. The fourth-order valence-electron chi connectivity index (χ4n) is 6.09. The summed E-state index contributed by atoms with van der Waals surface area (Å²) in [6.07, 6.45) is 11.6. The molecule has 4 bridgehead atoms. The molecule has 0 aromatic rings. The number of rotatable bonds is 3. The molecular formula is C16H29N3. The molecule has 6 unspecified atom stereocenters. The Labute approximate surface area is 117 Å². The molecule has 2 aliphatic heterocycles. The van der Waals surface area contributed by atoms with E-state index in [1.807, 2.05) is 0 Å². The summed E-state index contributed by atoms with van der Waals surface area (Å²) in [5.41, 5.74) is 3.26.